The summed E-state index contributed by atoms with van der Waals surface area (Å²) >= 11 is 0. The van der Waals surface area contributed by atoms with Crippen molar-refractivity contribution in [3.05, 3.63) is 95.6 Å². The quantitative estimate of drug-likeness (QED) is 0.626. The largest absolute Gasteiger partial charge is 0.454 e. The van der Waals surface area contributed by atoms with Crippen LogP contribution in [-0.2, 0) is 9.59 Å². The molecule has 6 nitrogen and oxygen atoms in total. The minimum Gasteiger partial charge on any atom is -0.454 e. The molecule has 6 heteroatoms. The predicted octanol–water partition coefficient (Wildman–Crippen LogP) is 3.59. The molecule has 1 fully saturated rings. The summed E-state index contributed by atoms with van der Waals surface area (Å²) in [5.41, 5.74) is 2.65. The van der Waals surface area contributed by atoms with Gasteiger partial charge in [0.1, 0.15) is 6.04 Å². The van der Waals surface area contributed by atoms with E-state index in [1.54, 1.807) is 17.0 Å². The molecule has 2 aliphatic heterocycles. The second-order valence-corrected chi connectivity index (χ2v) is 7.62. The van der Waals surface area contributed by atoms with Gasteiger partial charge in [-0.05, 0) is 28.8 Å². The fourth-order valence-electron chi connectivity index (χ4n) is 4.03. The van der Waals surface area contributed by atoms with Gasteiger partial charge in [0.2, 0.25) is 18.6 Å². The van der Waals surface area contributed by atoms with Gasteiger partial charge >= 0.3 is 0 Å². The van der Waals surface area contributed by atoms with E-state index in [0.717, 1.165) is 11.1 Å². The first-order chi connectivity index (χ1) is 15.2. The van der Waals surface area contributed by atoms with Crippen molar-refractivity contribution in [3.8, 4) is 11.5 Å². The lowest BCUT2D eigenvalue weighted by atomic mass is 9.96. The number of carbonyl (C=O) groups is 2. The van der Waals surface area contributed by atoms with Crippen LogP contribution in [-0.4, -0.2) is 30.1 Å². The Morgan fingerprint density at radius 2 is 1.48 bits per heavy atom. The molecule has 0 saturated carbocycles. The van der Waals surface area contributed by atoms with Crippen LogP contribution in [0, 0.1) is 0 Å². The lowest BCUT2D eigenvalue weighted by Gasteiger charge is -2.38. The first-order valence-electron chi connectivity index (χ1n) is 10.3. The summed E-state index contributed by atoms with van der Waals surface area (Å²) in [6.07, 6.45) is 0.454. The van der Waals surface area contributed by atoms with Crippen molar-refractivity contribution in [2.24, 2.45) is 0 Å². The number of nitrogens with one attached hydrogen (secondary N) is 1. The van der Waals surface area contributed by atoms with Crippen LogP contribution in [0.5, 0.6) is 11.5 Å². The van der Waals surface area contributed by atoms with Crippen molar-refractivity contribution in [2.75, 3.05) is 13.3 Å². The maximum atomic E-state index is 13.6. The Bertz CT molecular complexity index is 1060. The second-order valence-electron chi connectivity index (χ2n) is 7.62. The van der Waals surface area contributed by atoms with Crippen LogP contribution >= 0.6 is 0 Å². The molecule has 0 bridgehead atoms. The second kappa shape index (κ2) is 8.14. The number of amides is 2. The highest BCUT2D eigenvalue weighted by Gasteiger charge is 2.38. The fourth-order valence-corrected chi connectivity index (χ4v) is 4.03. The van der Waals surface area contributed by atoms with Crippen LogP contribution in [0.1, 0.15) is 35.2 Å². The monoisotopic (exact) mass is 414 g/mol. The minimum atomic E-state index is -0.731. The van der Waals surface area contributed by atoms with Gasteiger partial charge in [0.25, 0.3) is 0 Å². The third kappa shape index (κ3) is 3.72. The average molecular weight is 414 g/mol. The van der Waals surface area contributed by atoms with Crippen LogP contribution in [0.3, 0.4) is 0 Å². The van der Waals surface area contributed by atoms with E-state index in [1.165, 1.54) is 0 Å². The Morgan fingerprint density at radius 1 is 0.839 bits per heavy atom. The smallest absolute Gasteiger partial charge is 0.248 e. The molecule has 2 amide bonds. The molecule has 156 valence electrons. The summed E-state index contributed by atoms with van der Waals surface area (Å²) in [4.78, 5) is 27.5. The fraction of sp³-hybridized carbons (Fsp3) is 0.200. The van der Waals surface area contributed by atoms with Crippen molar-refractivity contribution in [3.63, 3.8) is 0 Å². The van der Waals surface area contributed by atoms with Crippen molar-refractivity contribution in [1.29, 1.82) is 0 Å². The van der Waals surface area contributed by atoms with Gasteiger partial charge in [0.05, 0.1) is 6.04 Å². The van der Waals surface area contributed by atoms with Crippen LogP contribution in [0.2, 0.25) is 0 Å². The SMILES string of the molecule is O=C(NC(c1ccccc1)c1ccccc1)[C@@H](c1ccc2c(c1)OCO2)N1CCC1=O. The molecule has 3 aromatic rings. The summed E-state index contributed by atoms with van der Waals surface area (Å²) < 4.78 is 10.9. The number of β-lactam (4-membered cyclic amide) rings is 1. The molecule has 0 radical (unpaired) electrons. The summed E-state index contributed by atoms with van der Waals surface area (Å²) in [5.74, 6) is 0.966. The maximum Gasteiger partial charge on any atom is 0.248 e. The maximum absolute atomic E-state index is 13.6. The number of fused-ring (bicyclic) bond motifs is 1. The third-order valence-corrected chi connectivity index (χ3v) is 5.71. The third-order valence-electron chi connectivity index (χ3n) is 5.71. The van der Waals surface area contributed by atoms with E-state index in [1.807, 2.05) is 66.7 Å². The van der Waals surface area contributed by atoms with Gasteiger partial charge in [0, 0.05) is 13.0 Å². The number of ether oxygens (including phenoxy) is 2. The number of benzene rings is 3. The summed E-state index contributed by atoms with van der Waals surface area (Å²) in [5, 5.41) is 3.18. The Balaban J connectivity index is 1.49. The molecule has 3 aromatic carbocycles. The molecule has 0 aromatic heterocycles. The van der Waals surface area contributed by atoms with Gasteiger partial charge in [-0.15, -0.1) is 0 Å². The van der Waals surface area contributed by atoms with Crippen LogP contribution in [0.4, 0.5) is 0 Å². The van der Waals surface area contributed by atoms with Gasteiger partial charge in [-0.1, -0.05) is 66.7 Å². The standard InChI is InChI=1S/C25H22N2O4/c28-22-13-14-27(22)24(19-11-12-20-21(15-19)31-16-30-20)25(29)26-23(17-7-3-1-4-8-17)18-9-5-2-6-10-18/h1-12,15,23-24H,13-14,16H2,(H,26,29)/t24-/m1/s1. The van der Waals surface area contributed by atoms with Crippen LogP contribution in [0.25, 0.3) is 0 Å². The molecular formula is C25H22N2O4. The molecule has 2 heterocycles. The Hall–Kier alpha value is -3.80. The van der Waals surface area contributed by atoms with E-state index in [4.69, 9.17) is 9.47 Å². The van der Waals surface area contributed by atoms with Crippen molar-refractivity contribution < 1.29 is 19.1 Å². The number of hydrogen-bond donors (Lipinski definition) is 1. The number of rotatable bonds is 6. The lowest BCUT2D eigenvalue weighted by molar-refractivity contribution is -0.149. The highest BCUT2D eigenvalue weighted by atomic mass is 16.7. The molecule has 31 heavy (non-hydrogen) atoms. The van der Waals surface area contributed by atoms with E-state index < -0.39 is 6.04 Å². The number of carbonyl (C=O) groups excluding carboxylic acids is 2. The van der Waals surface area contributed by atoms with Crippen molar-refractivity contribution in [1.82, 2.24) is 10.2 Å². The highest BCUT2D eigenvalue weighted by Crippen LogP contribution is 2.37. The van der Waals surface area contributed by atoms with E-state index in [-0.39, 0.29) is 24.6 Å². The number of likely N-dealkylation sites (tertiary alicyclic amines) is 1. The molecule has 2 aliphatic rings. The summed E-state index contributed by atoms with van der Waals surface area (Å²) in [6.45, 7) is 0.703. The average Bonchev–Trinajstić information content (AvgIpc) is 3.28. The number of nitrogens with zero attached hydrogens (tertiary/aromatic N) is 1. The first kappa shape index (κ1) is 19.2. The molecule has 0 aliphatic carbocycles. The van der Waals surface area contributed by atoms with Gasteiger partial charge in [-0.25, -0.2) is 0 Å². The van der Waals surface area contributed by atoms with E-state index in [2.05, 4.69) is 5.32 Å². The molecule has 1 atom stereocenters. The topological polar surface area (TPSA) is 67.9 Å². The van der Waals surface area contributed by atoms with Crippen LogP contribution in [0.15, 0.2) is 78.9 Å². The molecular weight excluding hydrogens is 392 g/mol. The van der Waals surface area contributed by atoms with E-state index in [0.29, 0.717) is 30.0 Å². The normalized spacial score (nSPS) is 15.5. The zero-order valence-electron chi connectivity index (χ0n) is 16.9. The van der Waals surface area contributed by atoms with Crippen LogP contribution < -0.4 is 14.8 Å². The Kier molecular flexibility index (Phi) is 5.04. The molecule has 1 saturated heterocycles. The zero-order valence-corrected chi connectivity index (χ0v) is 16.9. The molecule has 0 unspecified atom stereocenters. The van der Waals surface area contributed by atoms with Crippen molar-refractivity contribution in [2.45, 2.75) is 18.5 Å². The number of hydrogen-bond acceptors (Lipinski definition) is 4. The van der Waals surface area contributed by atoms with Gasteiger partial charge in [0.15, 0.2) is 11.5 Å². The van der Waals surface area contributed by atoms with Gasteiger partial charge < -0.3 is 19.7 Å². The van der Waals surface area contributed by atoms with Gasteiger partial charge in [-0.3, -0.25) is 9.59 Å². The molecule has 0 spiro atoms. The predicted molar refractivity (Wildman–Crippen MR) is 115 cm³/mol. The summed E-state index contributed by atoms with van der Waals surface area (Å²) in [7, 11) is 0. The van der Waals surface area contributed by atoms with Crippen molar-refractivity contribution >= 4 is 11.8 Å². The zero-order chi connectivity index (χ0) is 21.2. The molecule has 1 N–H and O–H groups in total. The first-order valence-corrected chi connectivity index (χ1v) is 10.3. The lowest BCUT2D eigenvalue weighted by Crippen LogP contribution is -2.51. The summed E-state index contributed by atoms with van der Waals surface area (Å²) in [6, 6.07) is 24.0. The molecule has 5 rings (SSSR count). The van der Waals surface area contributed by atoms with Gasteiger partial charge in [-0.2, -0.15) is 0 Å². The minimum absolute atomic E-state index is 0.0335. The van der Waals surface area contributed by atoms with E-state index in [9.17, 15) is 9.59 Å². The van der Waals surface area contributed by atoms with E-state index >= 15 is 0 Å². The highest BCUT2D eigenvalue weighted by molar-refractivity contribution is 5.91. The Morgan fingerprint density at radius 3 is 2.06 bits per heavy atom. The Labute approximate surface area is 180 Å².